The molecule has 0 spiro atoms. The van der Waals surface area contributed by atoms with Crippen molar-refractivity contribution in [2.45, 2.75) is 6.04 Å². The van der Waals surface area contributed by atoms with Gasteiger partial charge in [-0.05, 0) is 29.8 Å². The van der Waals surface area contributed by atoms with Crippen LogP contribution in [0.2, 0.25) is 5.02 Å². The summed E-state index contributed by atoms with van der Waals surface area (Å²) in [7, 11) is 1.37. The van der Waals surface area contributed by atoms with Crippen molar-refractivity contribution in [3.05, 3.63) is 65.1 Å². The second-order valence-corrected chi connectivity index (χ2v) is 6.56. The minimum atomic E-state index is -0.584. The quantitative estimate of drug-likeness (QED) is 0.582. The standard InChI is InChI=1S/C20H21ClN2O4/c1-26-20(25)19(16-6-2-3-7-17(16)21)23-12-10-22(11-13-23)18(24)9-8-15-5-4-14-27-15/h2-9,14,19H,10-13H2,1H3/b9-8+. The van der Waals surface area contributed by atoms with Gasteiger partial charge in [0.05, 0.1) is 13.4 Å². The van der Waals surface area contributed by atoms with Gasteiger partial charge in [0.15, 0.2) is 0 Å². The number of methoxy groups -OCH3 is 1. The van der Waals surface area contributed by atoms with Gasteiger partial charge in [0.2, 0.25) is 5.91 Å². The zero-order valence-electron chi connectivity index (χ0n) is 15.0. The van der Waals surface area contributed by atoms with E-state index in [9.17, 15) is 9.59 Å². The van der Waals surface area contributed by atoms with Gasteiger partial charge in [-0.2, -0.15) is 0 Å². The Morgan fingerprint density at radius 2 is 1.89 bits per heavy atom. The molecule has 1 atom stereocenters. The number of carbonyl (C=O) groups excluding carboxylic acids is 2. The Balaban J connectivity index is 1.66. The predicted molar refractivity (Wildman–Crippen MR) is 102 cm³/mol. The number of carbonyl (C=O) groups is 2. The van der Waals surface area contributed by atoms with E-state index in [0.717, 1.165) is 0 Å². The molecule has 1 aliphatic rings. The molecule has 6 nitrogen and oxygen atoms in total. The Kier molecular flexibility index (Phi) is 6.32. The molecule has 142 valence electrons. The lowest BCUT2D eigenvalue weighted by molar-refractivity contribution is -0.148. The fourth-order valence-electron chi connectivity index (χ4n) is 3.13. The lowest BCUT2D eigenvalue weighted by Gasteiger charge is -2.38. The molecular weight excluding hydrogens is 368 g/mol. The highest BCUT2D eigenvalue weighted by Gasteiger charge is 2.33. The van der Waals surface area contributed by atoms with Gasteiger partial charge >= 0.3 is 5.97 Å². The molecule has 1 aliphatic heterocycles. The van der Waals surface area contributed by atoms with Crippen LogP contribution in [0.15, 0.2) is 53.2 Å². The molecule has 1 unspecified atom stereocenters. The van der Waals surface area contributed by atoms with E-state index in [-0.39, 0.29) is 11.9 Å². The van der Waals surface area contributed by atoms with Crippen LogP contribution in [0.1, 0.15) is 17.4 Å². The van der Waals surface area contributed by atoms with E-state index in [2.05, 4.69) is 0 Å². The Labute approximate surface area is 162 Å². The maximum Gasteiger partial charge on any atom is 0.327 e. The first kappa shape index (κ1) is 19.2. The maximum atomic E-state index is 12.4. The molecule has 0 bridgehead atoms. The van der Waals surface area contributed by atoms with E-state index in [4.69, 9.17) is 20.8 Å². The largest absolute Gasteiger partial charge is 0.468 e. The van der Waals surface area contributed by atoms with E-state index in [1.165, 1.54) is 13.2 Å². The minimum absolute atomic E-state index is 0.0848. The Bertz CT molecular complexity index is 811. The molecule has 0 radical (unpaired) electrons. The number of amides is 1. The van der Waals surface area contributed by atoms with E-state index >= 15 is 0 Å². The van der Waals surface area contributed by atoms with Crippen molar-refractivity contribution in [2.24, 2.45) is 0 Å². The van der Waals surface area contributed by atoms with Crippen LogP contribution >= 0.6 is 11.6 Å². The molecule has 1 aromatic heterocycles. The van der Waals surface area contributed by atoms with E-state index in [1.54, 1.807) is 35.4 Å². The summed E-state index contributed by atoms with van der Waals surface area (Å²) >= 11 is 6.29. The van der Waals surface area contributed by atoms with Crippen molar-refractivity contribution >= 4 is 29.6 Å². The Hall–Kier alpha value is -2.57. The van der Waals surface area contributed by atoms with Crippen LogP contribution in [0.5, 0.6) is 0 Å². The summed E-state index contributed by atoms with van der Waals surface area (Å²) < 4.78 is 10.2. The van der Waals surface area contributed by atoms with E-state index in [0.29, 0.717) is 42.5 Å². The molecule has 0 N–H and O–H groups in total. The molecule has 27 heavy (non-hydrogen) atoms. The molecule has 1 saturated heterocycles. The van der Waals surface area contributed by atoms with Crippen LogP contribution in [-0.2, 0) is 14.3 Å². The molecule has 2 aromatic rings. The summed E-state index contributed by atoms with van der Waals surface area (Å²) in [6.07, 6.45) is 4.71. The third-order valence-corrected chi connectivity index (χ3v) is 4.89. The number of ether oxygens (including phenoxy) is 1. The van der Waals surface area contributed by atoms with Crippen LogP contribution in [0.4, 0.5) is 0 Å². The van der Waals surface area contributed by atoms with Crippen molar-refractivity contribution in [1.82, 2.24) is 9.80 Å². The highest BCUT2D eigenvalue weighted by molar-refractivity contribution is 6.31. The number of rotatable bonds is 5. The van der Waals surface area contributed by atoms with Crippen molar-refractivity contribution in [1.29, 1.82) is 0 Å². The highest BCUT2D eigenvalue weighted by Crippen LogP contribution is 2.29. The average Bonchev–Trinajstić information content (AvgIpc) is 3.22. The van der Waals surface area contributed by atoms with Crippen LogP contribution in [0.3, 0.4) is 0 Å². The summed E-state index contributed by atoms with van der Waals surface area (Å²) in [5, 5.41) is 0.521. The number of piperazine rings is 1. The summed E-state index contributed by atoms with van der Waals surface area (Å²) in [5.41, 5.74) is 0.712. The lowest BCUT2D eigenvalue weighted by atomic mass is 10.0. The van der Waals surface area contributed by atoms with Crippen LogP contribution in [0, 0.1) is 0 Å². The van der Waals surface area contributed by atoms with Gasteiger partial charge < -0.3 is 14.1 Å². The Morgan fingerprint density at radius 3 is 2.52 bits per heavy atom. The fourth-order valence-corrected chi connectivity index (χ4v) is 3.37. The SMILES string of the molecule is COC(=O)C(c1ccccc1Cl)N1CCN(C(=O)/C=C/c2ccco2)CC1. The number of benzene rings is 1. The Morgan fingerprint density at radius 1 is 1.15 bits per heavy atom. The molecule has 1 aromatic carbocycles. The fraction of sp³-hybridized carbons (Fsp3) is 0.300. The van der Waals surface area contributed by atoms with E-state index in [1.807, 2.05) is 23.1 Å². The number of esters is 1. The van der Waals surface area contributed by atoms with Gasteiger partial charge in [-0.3, -0.25) is 9.69 Å². The normalized spacial score (nSPS) is 16.4. The number of nitrogens with zero attached hydrogens (tertiary/aromatic N) is 2. The summed E-state index contributed by atoms with van der Waals surface area (Å²) in [6, 6.07) is 10.2. The second kappa shape index (κ2) is 8.88. The van der Waals surface area contributed by atoms with Crippen molar-refractivity contribution < 1.29 is 18.7 Å². The number of halogens is 1. The predicted octanol–water partition coefficient (Wildman–Crippen LogP) is 3.00. The van der Waals surface area contributed by atoms with Gasteiger partial charge in [0, 0.05) is 37.3 Å². The van der Waals surface area contributed by atoms with E-state index < -0.39 is 6.04 Å². The summed E-state index contributed by atoms with van der Waals surface area (Å²) in [5.74, 6) is 0.186. The molecule has 1 fully saturated rings. The molecule has 2 heterocycles. The van der Waals surface area contributed by atoms with Gasteiger partial charge in [-0.1, -0.05) is 29.8 Å². The number of hydrogen-bond acceptors (Lipinski definition) is 5. The first-order chi connectivity index (χ1) is 13.1. The third-order valence-electron chi connectivity index (χ3n) is 4.55. The zero-order valence-corrected chi connectivity index (χ0v) is 15.8. The van der Waals surface area contributed by atoms with Gasteiger partial charge in [0.1, 0.15) is 11.8 Å². The lowest BCUT2D eigenvalue weighted by Crippen LogP contribution is -2.50. The van der Waals surface area contributed by atoms with Crippen LogP contribution in [0.25, 0.3) is 6.08 Å². The van der Waals surface area contributed by atoms with Crippen molar-refractivity contribution in [3.63, 3.8) is 0 Å². The van der Waals surface area contributed by atoms with Crippen LogP contribution < -0.4 is 0 Å². The third kappa shape index (κ3) is 4.59. The van der Waals surface area contributed by atoms with Crippen molar-refractivity contribution in [3.8, 4) is 0 Å². The average molecular weight is 389 g/mol. The molecular formula is C20H21ClN2O4. The first-order valence-corrected chi connectivity index (χ1v) is 9.04. The maximum absolute atomic E-state index is 12.4. The molecule has 0 aliphatic carbocycles. The minimum Gasteiger partial charge on any atom is -0.468 e. The first-order valence-electron chi connectivity index (χ1n) is 8.67. The number of hydrogen-bond donors (Lipinski definition) is 0. The monoisotopic (exact) mass is 388 g/mol. The van der Waals surface area contributed by atoms with Crippen LogP contribution in [-0.4, -0.2) is 55.0 Å². The molecule has 0 saturated carbocycles. The zero-order chi connectivity index (χ0) is 19.2. The van der Waals surface area contributed by atoms with Gasteiger partial charge in [-0.25, -0.2) is 4.79 Å². The summed E-state index contributed by atoms with van der Waals surface area (Å²) in [4.78, 5) is 28.5. The topological polar surface area (TPSA) is 63.0 Å². The van der Waals surface area contributed by atoms with Gasteiger partial charge in [0.25, 0.3) is 0 Å². The number of furan rings is 1. The second-order valence-electron chi connectivity index (χ2n) is 6.16. The molecule has 3 rings (SSSR count). The van der Waals surface area contributed by atoms with Gasteiger partial charge in [-0.15, -0.1) is 0 Å². The summed E-state index contributed by atoms with van der Waals surface area (Å²) in [6.45, 7) is 2.12. The molecule has 7 heteroatoms. The smallest absolute Gasteiger partial charge is 0.327 e. The highest BCUT2D eigenvalue weighted by atomic mass is 35.5. The molecule has 1 amide bonds. The van der Waals surface area contributed by atoms with Crippen molar-refractivity contribution in [2.75, 3.05) is 33.3 Å².